The molecule has 0 heterocycles. The lowest BCUT2D eigenvalue weighted by molar-refractivity contribution is 0.283. The van der Waals surface area contributed by atoms with Crippen LogP contribution >= 0.6 is 0 Å². The minimum absolute atomic E-state index is 0.181. The summed E-state index contributed by atoms with van der Waals surface area (Å²) in [6.07, 6.45) is 2.39. The highest BCUT2D eigenvalue weighted by Gasteiger charge is 1.86. The molecule has 0 rings (SSSR count). The molecule has 0 aliphatic heterocycles. The number of aliphatic hydroxyl groups is 1. The molecule has 0 spiro atoms. The van der Waals surface area contributed by atoms with E-state index < -0.39 is 11.3 Å². The summed E-state index contributed by atoms with van der Waals surface area (Å²) in [4.78, 5) is 0. The van der Waals surface area contributed by atoms with Crippen LogP contribution in [-0.2, 0) is 11.3 Å². The van der Waals surface area contributed by atoms with Gasteiger partial charge >= 0.3 is 0 Å². The van der Waals surface area contributed by atoms with Crippen LogP contribution < -0.4 is 4.72 Å². The Bertz CT molecular complexity index is 98.9. The van der Waals surface area contributed by atoms with Gasteiger partial charge in [-0.05, 0) is 19.3 Å². The first-order valence-corrected chi connectivity index (χ1v) is 4.28. The Hall–Kier alpha value is 0.0300. The SMILES string of the molecule is O=S([O-])NCCCCCO. The van der Waals surface area contributed by atoms with E-state index in [9.17, 15) is 8.76 Å². The van der Waals surface area contributed by atoms with Crippen molar-refractivity contribution < 1.29 is 13.9 Å². The second kappa shape index (κ2) is 7.14. The summed E-state index contributed by atoms with van der Waals surface area (Å²) in [6.45, 7) is 0.649. The van der Waals surface area contributed by atoms with E-state index >= 15 is 0 Å². The van der Waals surface area contributed by atoms with Gasteiger partial charge in [-0.15, -0.1) is 0 Å². The van der Waals surface area contributed by atoms with Crippen molar-refractivity contribution in [2.45, 2.75) is 19.3 Å². The Morgan fingerprint density at radius 3 is 2.60 bits per heavy atom. The Kier molecular flexibility index (Phi) is 7.16. The van der Waals surface area contributed by atoms with Gasteiger partial charge in [0.05, 0.1) is 0 Å². The number of aliphatic hydroxyl groups excluding tert-OH is 1. The molecule has 0 radical (unpaired) electrons. The van der Waals surface area contributed by atoms with Crippen LogP contribution in [0, 0.1) is 0 Å². The van der Waals surface area contributed by atoms with Gasteiger partial charge in [0.2, 0.25) is 0 Å². The molecule has 0 aromatic carbocycles. The summed E-state index contributed by atoms with van der Waals surface area (Å²) >= 11 is -2.13. The maximum absolute atomic E-state index is 9.87. The first-order chi connectivity index (χ1) is 4.77. The van der Waals surface area contributed by atoms with Crippen LogP contribution in [0.2, 0.25) is 0 Å². The zero-order valence-corrected chi connectivity index (χ0v) is 6.52. The summed E-state index contributed by atoms with van der Waals surface area (Å²) in [7, 11) is 0. The van der Waals surface area contributed by atoms with Gasteiger partial charge in [0, 0.05) is 24.4 Å². The molecular weight excluding hydrogens is 154 g/mol. The molecule has 62 valence electrons. The fraction of sp³-hybridized carbons (Fsp3) is 1.00. The molecule has 0 amide bonds. The van der Waals surface area contributed by atoms with Gasteiger partial charge in [0.25, 0.3) is 0 Å². The highest BCUT2D eigenvalue weighted by molar-refractivity contribution is 7.77. The Morgan fingerprint density at radius 2 is 2.10 bits per heavy atom. The minimum Gasteiger partial charge on any atom is -0.760 e. The van der Waals surface area contributed by atoms with Crippen LogP contribution in [0.1, 0.15) is 19.3 Å². The van der Waals surface area contributed by atoms with Crippen molar-refractivity contribution in [1.29, 1.82) is 0 Å². The predicted octanol–water partition coefficient (Wildman–Crippen LogP) is -0.467. The average molecular weight is 166 g/mol. The van der Waals surface area contributed by atoms with E-state index in [1.54, 1.807) is 0 Å². The van der Waals surface area contributed by atoms with Gasteiger partial charge in [-0.1, -0.05) is 0 Å². The first-order valence-electron chi connectivity index (χ1n) is 3.21. The molecule has 0 aromatic rings. The van der Waals surface area contributed by atoms with E-state index in [2.05, 4.69) is 4.72 Å². The lowest BCUT2D eigenvalue weighted by atomic mass is 10.2. The summed E-state index contributed by atoms with van der Waals surface area (Å²) in [5.74, 6) is 0. The third-order valence-corrected chi connectivity index (χ3v) is 1.49. The average Bonchev–Trinajstić information content (AvgIpc) is 1.87. The van der Waals surface area contributed by atoms with Gasteiger partial charge < -0.3 is 9.66 Å². The zero-order valence-electron chi connectivity index (χ0n) is 5.71. The zero-order chi connectivity index (χ0) is 7.82. The molecular formula is C5H12NO3S-. The van der Waals surface area contributed by atoms with E-state index in [4.69, 9.17) is 5.11 Å². The summed E-state index contributed by atoms with van der Waals surface area (Å²) in [5, 5.41) is 8.33. The van der Waals surface area contributed by atoms with E-state index in [1.165, 1.54) is 0 Å². The van der Waals surface area contributed by atoms with E-state index in [1.807, 2.05) is 0 Å². The molecule has 0 saturated heterocycles. The van der Waals surface area contributed by atoms with Crippen LogP contribution in [0.5, 0.6) is 0 Å². The lowest BCUT2D eigenvalue weighted by Gasteiger charge is -2.05. The Balaban J connectivity index is 2.84. The van der Waals surface area contributed by atoms with Crippen LogP contribution in [0.15, 0.2) is 0 Å². The van der Waals surface area contributed by atoms with Gasteiger partial charge in [-0.25, -0.2) is 4.72 Å². The molecule has 5 heteroatoms. The van der Waals surface area contributed by atoms with Crippen LogP contribution in [0.3, 0.4) is 0 Å². The summed E-state index contributed by atoms with van der Waals surface area (Å²) < 4.78 is 22.0. The van der Waals surface area contributed by atoms with Crippen molar-refractivity contribution in [3.8, 4) is 0 Å². The molecule has 0 saturated carbocycles. The second-order valence-corrected chi connectivity index (χ2v) is 2.67. The van der Waals surface area contributed by atoms with Crippen LogP contribution in [0.25, 0.3) is 0 Å². The second-order valence-electron chi connectivity index (χ2n) is 1.91. The molecule has 0 aliphatic rings. The number of rotatable bonds is 6. The number of nitrogens with one attached hydrogen (secondary N) is 1. The maximum atomic E-state index is 9.87. The van der Waals surface area contributed by atoms with Crippen molar-refractivity contribution in [2.75, 3.05) is 13.2 Å². The van der Waals surface area contributed by atoms with E-state index in [0.717, 1.165) is 19.3 Å². The third-order valence-electron chi connectivity index (χ3n) is 1.05. The van der Waals surface area contributed by atoms with Crippen molar-refractivity contribution in [1.82, 2.24) is 4.72 Å². The van der Waals surface area contributed by atoms with Crippen molar-refractivity contribution in [2.24, 2.45) is 0 Å². The standard InChI is InChI=1S/C5H13NO3S/c7-5-3-1-2-4-6-10(8)9/h6-7H,1-5H2,(H,8,9)/p-1. The smallest absolute Gasteiger partial charge is 0.0431 e. The molecule has 0 fully saturated rings. The number of hydrogen-bond acceptors (Lipinski definition) is 3. The van der Waals surface area contributed by atoms with Gasteiger partial charge in [-0.2, -0.15) is 0 Å². The fourth-order valence-corrected chi connectivity index (χ4v) is 0.880. The quantitative estimate of drug-likeness (QED) is 0.414. The summed E-state index contributed by atoms with van der Waals surface area (Å²) in [6, 6.07) is 0. The molecule has 4 nitrogen and oxygen atoms in total. The van der Waals surface area contributed by atoms with Gasteiger partial charge in [0.15, 0.2) is 0 Å². The molecule has 1 unspecified atom stereocenters. The monoisotopic (exact) mass is 166 g/mol. The first kappa shape index (κ1) is 10.0. The van der Waals surface area contributed by atoms with E-state index in [-0.39, 0.29) is 6.61 Å². The van der Waals surface area contributed by atoms with Crippen molar-refractivity contribution in [3.05, 3.63) is 0 Å². The Morgan fingerprint density at radius 1 is 1.40 bits per heavy atom. The van der Waals surface area contributed by atoms with Crippen LogP contribution in [0.4, 0.5) is 0 Å². The topological polar surface area (TPSA) is 72.4 Å². The third kappa shape index (κ3) is 8.03. The highest BCUT2D eigenvalue weighted by Crippen LogP contribution is 1.91. The summed E-state index contributed by atoms with van der Waals surface area (Å²) in [5.41, 5.74) is 0. The van der Waals surface area contributed by atoms with Gasteiger partial charge in [-0.3, -0.25) is 4.21 Å². The predicted molar refractivity (Wildman–Crippen MR) is 37.9 cm³/mol. The molecule has 0 aliphatic carbocycles. The molecule has 0 bridgehead atoms. The van der Waals surface area contributed by atoms with Crippen LogP contribution in [-0.4, -0.2) is 27.0 Å². The highest BCUT2D eigenvalue weighted by atomic mass is 32.2. The van der Waals surface area contributed by atoms with E-state index in [0.29, 0.717) is 6.54 Å². The maximum Gasteiger partial charge on any atom is 0.0431 e. The van der Waals surface area contributed by atoms with Gasteiger partial charge in [0.1, 0.15) is 0 Å². The van der Waals surface area contributed by atoms with Crippen molar-refractivity contribution >= 4 is 11.3 Å². The fourth-order valence-electron chi connectivity index (χ4n) is 0.569. The molecule has 10 heavy (non-hydrogen) atoms. The number of unbranched alkanes of at least 4 members (excludes halogenated alkanes) is 2. The number of hydrogen-bond donors (Lipinski definition) is 2. The molecule has 1 atom stereocenters. The largest absolute Gasteiger partial charge is 0.760 e. The molecule has 0 aromatic heterocycles. The normalized spacial score (nSPS) is 13.4. The molecule has 2 N–H and O–H groups in total. The Labute approximate surface area is 63.1 Å². The van der Waals surface area contributed by atoms with Crippen molar-refractivity contribution in [3.63, 3.8) is 0 Å². The minimum atomic E-state index is -2.13. The lowest BCUT2D eigenvalue weighted by Crippen LogP contribution is -2.17.